The number of aromatic nitrogens is 2. The molecule has 0 spiro atoms. The number of aliphatic hydroxyl groups is 1. The number of hydrogen-bond acceptors (Lipinski definition) is 3. The molecule has 0 bridgehead atoms. The van der Waals surface area contributed by atoms with E-state index in [4.69, 9.17) is 4.74 Å². The Morgan fingerprint density at radius 1 is 1.67 bits per heavy atom. The molecular weight excluding hydrogens is 192 g/mol. The van der Waals surface area contributed by atoms with Crippen molar-refractivity contribution in [3.63, 3.8) is 0 Å². The molecular formula is C11H18N2O2. The Bertz CT molecular complexity index is 353. The fraction of sp³-hybridized carbons (Fsp3) is 0.727. The van der Waals surface area contributed by atoms with E-state index in [0.717, 1.165) is 12.1 Å². The fourth-order valence-electron chi connectivity index (χ4n) is 2.16. The van der Waals surface area contributed by atoms with Gasteiger partial charge in [0.05, 0.1) is 13.3 Å². The molecule has 0 aliphatic heterocycles. The van der Waals surface area contributed by atoms with Crippen LogP contribution in [0.15, 0.2) is 6.20 Å². The van der Waals surface area contributed by atoms with Gasteiger partial charge in [-0.3, -0.25) is 4.68 Å². The Labute approximate surface area is 89.9 Å². The Morgan fingerprint density at radius 2 is 2.33 bits per heavy atom. The van der Waals surface area contributed by atoms with Crippen LogP contribution in [0.1, 0.15) is 31.9 Å². The molecule has 4 nitrogen and oxygen atoms in total. The van der Waals surface area contributed by atoms with Crippen LogP contribution in [0, 0.1) is 5.92 Å². The second-order valence-electron chi connectivity index (χ2n) is 4.61. The van der Waals surface area contributed by atoms with Gasteiger partial charge in [-0.15, -0.1) is 0 Å². The summed E-state index contributed by atoms with van der Waals surface area (Å²) in [5, 5.41) is 14.6. The first-order valence-electron chi connectivity index (χ1n) is 5.33. The number of aryl methyl sites for hydroxylation is 1. The van der Waals surface area contributed by atoms with Gasteiger partial charge < -0.3 is 9.84 Å². The fourth-order valence-corrected chi connectivity index (χ4v) is 2.16. The molecule has 84 valence electrons. The van der Waals surface area contributed by atoms with Crippen LogP contribution in [0.4, 0.5) is 0 Å². The highest BCUT2D eigenvalue weighted by atomic mass is 16.5. The van der Waals surface area contributed by atoms with E-state index in [2.05, 4.69) is 5.10 Å². The van der Waals surface area contributed by atoms with Crippen molar-refractivity contribution in [2.24, 2.45) is 13.0 Å². The van der Waals surface area contributed by atoms with Gasteiger partial charge in [-0.25, -0.2) is 0 Å². The van der Waals surface area contributed by atoms with Crippen LogP contribution in [-0.4, -0.2) is 22.0 Å². The summed E-state index contributed by atoms with van der Waals surface area (Å²) in [6, 6.07) is 0. The minimum Gasteiger partial charge on any atom is -0.493 e. The summed E-state index contributed by atoms with van der Waals surface area (Å²) >= 11 is 0. The molecule has 4 heteroatoms. The van der Waals surface area contributed by atoms with Gasteiger partial charge in [-0.2, -0.15) is 5.10 Å². The number of hydrogen-bond donors (Lipinski definition) is 1. The summed E-state index contributed by atoms with van der Waals surface area (Å²) in [5.41, 5.74) is -0.0606. The zero-order valence-corrected chi connectivity index (χ0v) is 9.53. The molecule has 0 amide bonds. The van der Waals surface area contributed by atoms with Crippen molar-refractivity contribution in [3.8, 4) is 5.75 Å². The molecule has 0 aromatic carbocycles. The van der Waals surface area contributed by atoms with Crippen LogP contribution in [0.25, 0.3) is 0 Å². The van der Waals surface area contributed by atoms with Gasteiger partial charge in [0.2, 0.25) is 0 Å². The highest BCUT2D eigenvalue weighted by Crippen LogP contribution is 2.42. The molecule has 1 fully saturated rings. The minimum absolute atomic E-state index is 0.666. The Balaban J connectivity index is 2.28. The third-order valence-electron chi connectivity index (χ3n) is 3.02. The molecule has 1 aliphatic rings. The minimum atomic E-state index is -0.836. The van der Waals surface area contributed by atoms with Gasteiger partial charge in [0.15, 0.2) is 5.75 Å². The molecule has 1 saturated carbocycles. The Hall–Kier alpha value is -1.03. The van der Waals surface area contributed by atoms with Crippen LogP contribution >= 0.6 is 0 Å². The van der Waals surface area contributed by atoms with Crippen molar-refractivity contribution in [1.29, 1.82) is 0 Å². The lowest BCUT2D eigenvalue weighted by Gasteiger charge is -2.24. The number of methoxy groups -OCH3 is 1. The van der Waals surface area contributed by atoms with E-state index in [9.17, 15) is 5.11 Å². The average molecular weight is 210 g/mol. The SMILES string of the molecule is COc1cnn(C)c1C(C)(O)CC1CC1. The summed E-state index contributed by atoms with van der Waals surface area (Å²) in [7, 11) is 3.44. The van der Waals surface area contributed by atoms with Crippen molar-refractivity contribution in [2.45, 2.75) is 31.8 Å². The molecule has 0 saturated heterocycles. The number of nitrogens with zero attached hydrogens (tertiary/aromatic N) is 2. The Morgan fingerprint density at radius 3 is 2.87 bits per heavy atom. The van der Waals surface area contributed by atoms with E-state index >= 15 is 0 Å². The third kappa shape index (κ3) is 2.00. The van der Waals surface area contributed by atoms with Crippen molar-refractivity contribution in [3.05, 3.63) is 11.9 Å². The standard InChI is InChI=1S/C11H18N2O2/c1-11(14,6-8-4-5-8)10-9(15-3)7-12-13(10)2/h7-8,14H,4-6H2,1-3H3. The molecule has 0 radical (unpaired) electrons. The summed E-state index contributed by atoms with van der Waals surface area (Å²) < 4.78 is 6.91. The van der Waals surface area contributed by atoms with E-state index < -0.39 is 5.60 Å². The molecule has 1 N–H and O–H groups in total. The monoisotopic (exact) mass is 210 g/mol. The van der Waals surface area contributed by atoms with Gasteiger partial charge in [-0.05, 0) is 19.3 Å². The summed E-state index contributed by atoms with van der Waals surface area (Å²) in [4.78, 5) is 0. The summed E-state index contributed by atoms with van der Waals surface area (Å²) in [6.45, 7) is 1.84. The van der Waals surface area contributed by atoms with Gasteiger partial charge >= 0.3 is 0 Å². The van der Waals surface area contributed by atoms with E-state index in [1.54, 1.807) is 18.0 Å². The lowest BCUT2D eigenvalue weighted by Crippen LogP contribution is -2.26. The number of ether oxygens (including phenoxy) is 1. The predicted molar refractivity (Wildman–Crippen MR) is 56.7 cm³/mol. The molecule has 1 unspecified atom stereocenters. The van der Waals surface area contributed by atoms with Crippen LogP contribution in [-0.2, 0) is 12.6 Å². The highest BCUT2D eigenvalue weighted by Gasteiger charge is 2.37. The van der Waals surface area contributed by atoms with E-state index in [0.29, 0.717) is 11.7 Å². The highest BCUT2D eigenvalue weighted by molar-refractivity contribution is 5.30. The van der Waals surface area contributed by atoms with Crippen molar-refractivity contribution in [1.82, 2.24) is 9.78 Å². The third-order valence-corrected chi connectivity index (χ3v) is 3.02. The van der Waals surface area contributed by atoms with E-state index in [1.807, 2.05) is 14.0 Å². The zero-order valence-electron chi connectivity index (χ0n) is 9.53. The van der Waals surface area contributed by atoms with Crippen LogP contribution in [0.2, 0.25) is 0 Å². The molecule has 1 aliphatic carbocycles. The molecule has 2 rings (SSSR count). The van der Waals surface area contributed by atoms with Gasteiger partial charge in [0.25, 0.3) is 0 Å². The topological polar surface area (TPSA) is 47.3 Å². The van der Waals surface area contributed by atoms with Crippen molar-refractivity contribution < 1.29 is 9.84 Å². The number of rotatable bonds is 4. The maximum absolute atomic E-state index is 10.4. The van der Waals surface area contributed by atoms with Crippen LogP contribution in [0.5, 0.6) is 5.75 Å². The Kier molecular flexibility index (Phi) is 2.46. The van der Waals surface area contributed by atoms with Crippen LogP contribution < -0.4 is 4.74 Å². The lowest BCUT2D eigenvalue weighted by molar-refractivity contribution is 0.0311. The average Bonchev–Trinajstić information content (AvgIpc) is 2.85. The molecule has 1 heterocycles. The van der Waals surface area contributed by atoms with Crippen molar-refractivity contribution in [2.75, 3.05) is 7.11 Å². The smallest absolute Gasteiger partial charge is 0.162 e. The van der Waals surface area contributed by atoms with Gasteiger partial charge in [-0.1, -0.05) is 12.8 Å². The van der Waals surface area contributed by atoms with Gasteiger partial charge in [0, 0.05) is 7.05 Å². The lowest BCUT2D eigenvalue weighted by atomic mass is 9.94. The quantitative estimate of drug-likeness (QED) is 0.818. The predicted octanol–water partition coefficient (Wildman–Crippen LogP) is 1.44. The maximum Gasteiger partial charge on any atom is 0.162 e. The first kappa shape index (κ1) is 10.5. The van der Waals surface area contributed by atoms with E-state index in [1.165, 1.54) is 12.8 Å². The second kappa shape index (κ2) is 3.52. The molecule has 1 aromatic rings. The second-order valence-corrected chi connectivity index (χ2v) is 4.61. The van der Waals surface area contributed by atoms with E-state index in [-0.39, 0.29) is 0 Å². The molecule has 15 heavy (non-hydrogen) atoms. The van der Waals surface area contributed by atoms with Gasteiger partial charge in [0.1, 0.15) is 11.3 Å². The summed E-state index contributed by atoms with van der Waals surface area (Å²) in [6.07, 6.45) is 4.91. The van der Waals surface area contributed by atoms with Crippen molar-refractivity contribution >= 4 is 0 Å². The largest absolute Gasteiger partial charge is 0.493 e. The normalized spacial score (nSPS) is 20.0. The first-order chi connectivity index (χ1) is 7.04. The molecule has 1 atom stereocenters. The maximum atomic E-state index is 10.4. The summed E-state index contributed by atoms with van der Waals surface area (Å²) in [5.74, 6) is 1.34. The zero-order chi connectivity index (χ0) is 11.1. The molecule has 1 aromatic heterocycles. The first-order valence-corrected chi connectivity index (χ1v) is 5.33. The van der Waals surface area contributed by atoms with Crippen LogP contribution in [0.3, 0.4) is 0 Å².